The predicted molar refractivity (Wildman–Crippen MR) is 99.6 cm³/mol. The molecule has 7 nitrogen and oxygen atoms in total. The minimum Gasteiger partial charge on any atom is -0.409 e. The van der Waals surface area contributed by atoms with E-state index in [-0.39, 0.29) is 17.3 Å². The number of pyridine rings is 1. The van der Waals surface area contributed by atoms with Crippen molar-refractivity contribution >= 4 is 18.2 Å². The maximum atomic E-state index is 13.0. The summed E-state index contributed by atoms with van der Waals surface area (Å²) in [7, 11) is 0. The number of halogens is 1. The Labute approximate surface area is 158 Å². The van der Waals surface area contributed by atoms with Crippen LogP contribution in [0.4, 0.5) is 10.3 Å². The van der Waals surface area contributed by atoms with Gasteiger partial charge in [0, 0.05) is 29.7 Å². The number of hydrogen-bond donors (Lipinski definition) is 1. The van der Waals surface area contributed by atoms with Crippen LogP contribution >= 0.6 is 12.2 Å². The fourth-order valence-electron chi connectivity index (χ4n) is 2.38. The number of rotatable bonds is 5. The van der Waals surface area contributed by atoms with E-state index in [2.05, 4.69) is 25.4 Å². The second-order valence-corrected chi connectivity index (χ2v) is 5.87. The van der Waals surface area contributed by atoms with E-state index in [0.29, 0.717) is 17.4 Å². The van der Waals surface area contributed by atoms with Crippen molar-refractivity contribution in [2.45, 2.75) is 6.67 Å². The Morgan fingerprint density at radius 2 is 1.93 bits per heavy atom. The first kappa shape index (κ1) is 17.0. The number of benzene rings is 1. The van der Waals surface area contributed by atoms with Gasteiger partial charge in [-0.1, -0.05) is 0 Å². The molecule has 1 N–H and O–H groups in total. The van der Waals surface area contributed by atoms with Gasteiger partial charge in [-0.25, -0.2) is 19.0 Å². The minimum atomic E-state index is -0.330. The third kappa shape index (κ3) is 3.87. The maximum absolute atomic E-state index is 13.0. The van der Waals surface area contributed by atoms with Gasteiger partial charge < -0.3 is 9.73 Å². The van der Waals surface area contributed by atoms with Gasteiger partial charge in [0.1, 0.15) is 12.5 Å². The zero-order valence-electron chi connectivity index (χ0n) is 13.9. The summed E-state index contributed by atoms with van der Waals surface area (Å²) >= 11 is 5.19. The first-order valence-electron chi connectivity index (χ1n) is 8.00. The van der Waals surface area contributed by atoms with Gasteiger partial charge >= 0.3 is 0 Å². The van der Waals surface area contributed by atoms with Crippen LogP contribution in [0, 0.1) is 10.7 Å². The van der Waals surface area contributed by atoms with Crippen molar-refractivity contribution in [3.63, 3.8) is 0 Å². The summed E-state index contributed by atoms with van der Waals surface area (Å²) in [6.07, 6.45) is 5.09. The standard InChI is InChI=1S/C18H13FN6OS/c19-14-5-3-12(4-6-14)16-24-25(18(27)26-16)11-22-17-21-9-7-15(23-17)13-2-1-8-20-10-13/h1-10H,11H2,(H,21,22,23). The second kappa shape index (κ2) is 7.42. The molecule has 9 heteroatoms. The van der Waals surface area contributed by atoms with Crippen LogP contribution in [-0.4, -0.2) is 24.7 Å². The Morgan fingerprint density at radius 3 is 2.70 bits per heavy atom. The molecule has 0 bridgehead atoms. The molecule has 0 radical (unpaired) electrons. The molecule has 0 saturated heterocycles. The van der Waals surface area contributed by atoms with E-state index in [4.69, 9.17) is 16.6 Å². The summed E-state index contributed by atoms with van der Waals surface area (Å²) in [6.45, 7) is 0.222. The summed E-state index contributed by atoms with van der Waals surface area (Å²) in [4.78, 5) is 12.9. The van der Waals surface area contributed by atoms with Gasteiger partial charge in [-0.2, -0.15) is 0 Å². The largest absolute Gasteiger partial charge is 0.409 e. The molecule has 0 spiro atoms. The molecule has 134 valence electrons. The van der Waals surface area contributed by atoms with E-state index in [0.717, 1.165) is 11.3 Å². The molecule has 3 heterocycles. The first-order valence-corrected chi connectivity index (χ1v) is 8.41. The maximum Gasteiger partial charge on any atom is 0.289 e. The Kier molecular flexibility index (Phi) is 4.67. The van der Waals surface area contributed by atoms with Crippen LogP contribution in [-0.2, 0) is 6.67 Å². The molecule has 0 saturated carbocycles. The Balaban J connectivity index is 1.51. The van der Waals surface area contributed by atoms with Crippen molar-refractivity contribution in [3.8, 4) is 22.7 Å². The van der Waals surface area contributed by atoms with Crippen molar-refractivity contribution in [3.05, 3.63) is 71.7 Å². The van der Waals surface area contributed by atoms with Crippen molar-refractivity contribution < 1.29 is 8.81 Å². The fraction of sp³-hybridized carbons (Fsp3) is 0.0556. The Bertz CT molecular complexity index is 1110. The molecule has 3 aromatic heterocycles. The average Bonchev–Trinajstić information content (AvgIpc) is 3.08. The van der Waals surface area contributed by atoms with Gasteiger partial charge in [0.2, 0.25) is 11.8 Å². The van der Waals surface area contributed by atoms with E-state index >= 15 is 0 Å². The first-order chi connectivity index (χ1) is 13.2. The molecule has 4 aromatic rings. The fourth-order valence-corrected chi connectivity index (χ4v) is 2.56. The number of nitrogens with one attached hydrogen (secondary N) is 1. The van der Waals surface area contributed by atoms with Crippen LogP contribution in [0.2, 0.25) is 0 Å². The highest BCUT2D eigenvalue weighted by molar-refractivity contribution is 7.71. The van der Waals surface area contributed by atoms with Crippen LogP contribution in [0.5, 0.6) is 0 Å². The highest BCUT2D eigenvalue weighted by Gasteiger charge is 2.09. The van der Waals surface area contributed by atoms with Crippen LogP contribution in [0.3, 0.4) is 0 Å². The molecule has 0 amide bonds. The monoisotopic (exact) mass is 380 g/mol. The lowest BCUT2D eigenvalue weighted by molar-refractivity contribution is 0.521. The predicted octanol–water partition coefficient (Wildman–Crippen LogP) is 3.93. The van der Waals surface area contributed by atoms with Crippen LogP contribution < -0.4 is 5.32 Å². The van der Waals surface area contributed by atoms with Gasteiger partial charge in [0.25, 0.3) is 4.84 Å². The van der Waals surface area contributed by atoms with Crippen molar-refractivity contribution in [1.29, 1.82) is 0 Å². The van der Waals surface area contributed by atoms with Gasteiger partial charge in [-0.3, -0.25) is 4.98 Å². The second-order valence-electron chi connectivity index (χ2n) is 5.52. The SMILES string of the molecule is Fc1ccc(-c2nn(CNc3nccc(-c4cccnc4)n3)c(=S)o2)cc1. The Morgan fingerprint density at radius 1 is 1.07 bits per heavy atom. The van der Waals surface area contributed by atoms with E-state index in [9.17, 15) is 4.39 Å². The smallest absolute Gasteiger partial charge is 0.289 e. The normalized spacial score (nSPS) is 10.7. The molecule has 0 unspecified atom stereocenters. The molecule has 0 fully saturated rings. The Hall–Kier alpha value is -3.46. The van der Waals surface area contributed by atoms with E-state index in [1.54, 1.807) is 36.8 Å². The summed E-state index contributed by atoms with van der Waals surface area (Å²) in [5.74, 6) is 0.403. The van der Waals surface area contributed by atoms with Crippen LogP contribution in [0.1, 0.15) is 0 Å². The van der Waals surface area contributed by atoms with Crippen molar-refractivity contribution in [2.75, 3.05) is 5.32 Å². The lowest BCUT2D eigenvalue weighted by atomic mass is 10.2. The highest BCUT2D eigenvalue weighted by Crippen LogP contribution is 2.19. The third-order valence-electron chi connectivity index (χ3n) is 3.70. The van der Waals surface area contributed by atoms with Crippen molar-refractivity contribution in [1.82, 2.24) is 24.7 Å². The lowest BCUT2D eigenvalue weighted by Gasteiger charge is -2.06. The molecule has 0 aliphatic rings. The van der Waals surface area contributed by atoms with E-state index in [1.807, 2.05) is 12.1 Å². The summed E-state index contributed by atoms with van der Waals surface area (Å²) in [5.41, 5.74) is 2.27. The average molecular weight is 380 g/mol. The van der Waals surface area contributed by atoms with Crippen LogP contribution in [0.25, 0.3) is 22.7 Å². The summed E-state index contributed by atoms with van der Waals surface area (Å²) in [6, 6.07) is 11.4. The zero-order valence-corrected chi connectivity index (χ0v) is 14.7. The topological polar surface area (TPSA) is 81.7 Å². The molecule has 0 aliphatic carbocycles. The number of anilines is 1. The molecule has 0 atom stereocenters. The number of nitrogens with zero attached hydrogens (tertiary/aromatic N) is 5. The number of aromatic nitrogens is 5. The quantitative estimate of drug-likeness (QED) is 0.525. The number of hydrogen-bond acceptors (Lipinski definition) is 7. The van der Waals surface area contributed by atoms with Crippen LogP contribution in [0.15, 0.2) is 65.5 Å². The van der Waals surface area contributed by atoms with Gasteiger partial charge in [0.15, 0.2) is 0 Å². The molecule has 1 aromatic carbocycles. The molecule has 0 aliphatic heterocycles. The molecule has 4 rings (SSSR count). The van der Waals surface area contributed by atoms with Gasteiger partial charge in [-0.15, -0.1) is 5.10 Å². The molecular formula is C18H13FN6OS. The zero-order chi connectivity index (χ0) is 18.6. The third-order valence-corrected chi connectivity index (χ3v) is 3.99. The van der Waals surface area contributed by atoms with Gasteiger partial charge in [-0.05, 0) is 54.7 Å². The summed E-state index contributed by atoms with van der Waals surface area (Å²) in [5, 5.41) is 7.36. The van der Waals surface area contributed by atoms with Crippen molar-refractivity contribution in [2.24, 2.45) is 0 Å². The summed E-state index contributed by atoms with van der Waals surface area (Å²) < 4.78 is 20.0. The molecular weight excluding hydrogens is 367 g/mol. The van der Waals surface area contributed by atoms with E-state index < -0.39 is 0 Å². The lowest BCUT2D eigenvalue weighted by Crippen LogP contribution is -2.11. The van der Waals surface area contributed by atoms with E-state index in [1.165, 1.54) is 16.8 Å². The molecule has 27 heavy (non-hydrogen) atoms. The highest BCUT2D eigenvalue weighted by atomic mass is 32.1. The van der Waals surface area contributed by atoms with Gasteiger partial charge in [0.05, 0.1) is 5.69 Å². The minimum absolute atomic E-state index is 0.185.